The number of quaternary nitrogens is 1. The highest BCUT2D eigenvalue weighted by Crippen LogP contribution is 2.36. The topological polar surface area (TPSA) is 81.7 Å². The Morgan fingerprint density at radius 2 is 1.78 bits per heavy atom. The minimum atomic E-state index is -0.252. The molecule has 3 N–H and O–H groups in total. The maximum atomic E-state index is 12.6. The van der Waals surface area contributed by atoms with E-state index in [1.54, 1.807) is 24.3 Å². The number of benzene rings is 2. The number of piperazine rings is 1. The molecular weight excluding hydrogens is 344 g/mol. The molecule has 2 aromatic carbocycles. The van der Waals surface area contributed by atoms with Crippen LogP contribution in [-0.4, -0.2) is 73.1 Å². The van der Waals surface area contributed by atoms with Crippen LogP contribution in [0, 0.1) is 0 Å². The van der Waals surface area contributed by atoms with Crippen molar-refractivity contribution in [3.8, 4) is 5.75 Å². The lowest BCUT2D eigenvalue weighted by molar-refractivity contribution is -0.905. The fraction of sp³-hybridized carbons (Fsp3) is 0.400. The Bertz CT molecular complexity index is 873. The summed E-state index contributed by atoms with van der Waals surface area (Å²) in [5, 5.41) is 17.4. The minimum Gasteiger partial charge on any atom is -0.505 e. The van der Waals surface area contributed by atoms with Gasteiger partial charge in [-0.05, 0) is 25.2 Å². The van der Waals surface area contributed by atoms with Gasteiger partial charge < -0.3 is 20.2 Å². The normalized spacial score (nSPS) is 16.9. The van der Waals surface area contributed by atoms with Crippen LogP contribution in [0.25, 0.3) is 10.8 Å². The monoisotopic (exact) mass is 371 g/mol. The van der Waals surface area contributed by atoms with Crippen LogP contribution in [0.15, 0.2) is 30.3 Å². The van der Waals surface area contributed by atoms with Crippen molar-refractivity contribution < 1.29 is 19.2 Å². The lowest BCUT2D eigenvalue weighted by Crippen LogP contribution is -2.58. The summed E-state index contributed by atoms with van der Waals surface area (Å²) >= 11 is 0. The van der Waals surface area contributed by atoms with Crippen molar-refractivity contribution in [2.75, 3.05) is 57.5 Å². The molecule has 0 atom stereocenters. The van der Waals surface area contributed by atoms with Crippen molar-refractivity contribution in [3.63, 3.8) is 0 Å². The molecule has 1 saturated heterocycles. The molecule has 7 heteroatoms. The number of rotatable bonds is 4. The lowest BCUT2D eigenvalue weighted by atomic mass is 10.1. The van der Waals surface area contributed by atoms with E-state index in [0.717, 1.165) is 36.0 Å². The summed E-state index contributed by atoms with van der Waals surface area (Å²) in [6, 6.07) is 8.80. The van der Waals surface area contributed by atoms with Crippen LogP contribution in [0.4, 0.5) is 11.4 Å². The number of hydrogen-bond donors (Lipinski definition) is 3. The van der Waals surface area contributed by atoms with Crippen molar-refractivity contribution in [1.82, 2.24) is 4.90 Å². The number of amides is 2. The Hall–Kier alpha value is -2.64. The first-order chi connectivity index (χ1) is 12.8. The average molecular weight is 371 g/mol. The van der Waals surface area contributed by atoms with Crippen LogP contribution in [0.5, 0.6) is 5.75 Å². The highest BCUT2D eigenvalue weighted by molar-refractivity contribution is 6.07. The molecule has 1 aliphatic heterocycles. The van der Waals surface area contributed by atoms with E-state index in [1.807, 2.05) is 6.07 Å². The third kappa shape index (κ3) is 4.37. The van der Waals surface area contributed by atoms with E-state index >= 15 is 0 Å². The number of fused-ring (bicyclic) bond motifs is 1. The van der Waals surface area contributed by atoms with Crippen LogP contribution in [0.1, 0.15) is 6.92 Å². The molecule has 144 valence electrons. The number of nitrogens with zero attached hydrogens (tertiary/aromatic N) is 2. The Morgan fingerprint density at radius 1 is 1.07 bits per heavy atom. The van der Waals surface area contributed by atoms with E-state index in [4.69, 9.17) is 0 Å². The summed E-state index contributed by atoms with van der Waals surface area (Å²) in [5.74, 6) is -0.296. The highest BCUT2D eigenvalue weighted by atomic mass is 16.3. The molecule has 0 saturated carbocycles. The van der Waals surface area contributed by atoms with E-state index < -0.39 is 0 Å². The number of phenolic OH excluding ortho intramolecular Hbond substituents is 1. The van der Waals surface area contributed by atoms with Crippen molar-refractivity contribution in [2.45, 2.75) is 6.92 Å². The standard InChI is InChI=1S/C20H26N4O3/c1-14(25)21-18-8-7-15-16(20(18)27)5-4-6-17(15)22-19(26)13-24(3)11-9-23(2)10-12-24/h4-8H,9-13H2,1-3H3,(H2-,21,22,25,26,27)/p+1. The number of anilines is 2. The molecule has 0 radical (unpaired) electrons. The van der Waals surface area contributed by atoms with Gasteiger partial charge in [-0.25, -0.2) is 0 Å². The second kappa shape index (κ2) is 7.54. The predicted octanol–water partition coefficient (Wildman–Crippen LogP) is 1.83. The van der Waals surface area contributed by atoms with Crippen LogP contribution in [0.3, 0.4) is 0 Å². The van der Waals surface area contributed by atoms with Gasteiger partial charge in [0, 0.05) is 36.5 Å². The maximum absolute atomic E-state index is 12.6. The summed E-state index contributed by atoms with van der Waals surface area (Å²) in [5.41, 5.74) is 1.01. The largest absolute Gasteiger partial charge is 0.505 e. The molecule has 2 amide bonds. The van der Waals surface area contributed by atoms with Crippen LogP contribution in [0.2, 0.25) is 0 Å². The quantitative estimate of drug-likeness (QED) is 0.566. The molecule has 2 aromatic rings. The van der Waals surface area contributed by atoms with Crippen molar-refractivity contribution in [1.29, 1.82) is 0 Å². The van der Waals surface area contributed by atoms with Gasteiger partial charge in [0.05, 0.1) is 25.8 Å². The number of hydrogen-bond acceptors (Lipinski definition) is 4. The average Bonchev–Trinajstić information content (AvgIpc) is 2.60. The predicted molar refractivity (Wildman–Crippen MR) is 107 cm³/mol. The van der Waals surface area contributed by atoms with Crippen molar-refractivity contribution in [2.24, 2.45) is 0 Å². The zero-order valence-electron chi connectivity index (χ0n) is 16.1. The molecule has 7 nitrogen and oxygen atoms in total. The van der Waals surface area contributed by atoms with Gasteiger partial charge >= 0.3 is 0 Å². The Labute approximate surface area is 159 Å². The Balaban J connectivity index is 1.79. The van der Waals surface area contributed by atoms with E-state index in [1.165, 1.54) is 6.92 Å². The number of carbonyl (C=O) groups is 2. The first-order valence-corrected chi connectivity index (χ1v) is 9.12. The van der Waals surface area contributed by atoms with Crippen LogP contribution < -0.4 is 10.6 Å². The molecular formula is C20H27N4O3+. The van der Waals surface area contributed by atoms with E-state index in [9.17, 15) is 14.7 Å². The molecule has 0 aromatic heterocycles. The third-order valence-electron chi connectivity index (χ3n) is 5.19. The molecule has 1 aliphatic rings. The fourth-order valence-corrected chi connectivity index (χ4v) is 3.48. The summed E-state index contributed by atoms with van der Waals surface area (Å²) < 4.78 is 0.721. The molecule has 3 rings (SSSR count). The maximum Gasteiger partial charge on any atom is 0.279 e. The molecule has 0 aliphatic carbocycles. The molecule has 0 spiro atoms. The lowest BCUT2D eigenvalue weighted by Gasteiger charge is -2.40. The van der Waals surface area contributed by atoms with Gasteiger partial charge in [0.15, 0.2) is 6.54 Å². The number of nitrogens with one attached hydrogen (secondary N) is 2. The van der Waals surface area contributed by atoms with Crippen molar-refractivity contribution >= 4 is 34.0 Å². The highest BCUT2D eigenvalue weighted by Gasteiger charge is 2.29. The van der Waals surface area contributed by atoms with E-state index in [2.05, 4.69) is 29.6 Å². The second-order valence-corrected chi connectivity index (χ2v) is 7.62. The van der Waals surface area contributed by atoms with Gasteiger partial charge in [-0.1, -0.05) is 12.1 Å². The number of phenols is 1. The zero-order chi connectivity index (χ0) is 19.6. The zero-order valence-corrected chi connectivity index (χ0v) is 16.1. The van der Waals surface area contributed by atoms with Crippen LogP contribution in [-0.2, 0) is 9.59 Å². The Morgan fingerprint density at radius 3 is 2.44 bits per heavy atom. The van der Waals surface area contributed by atoms with Gasteiger partial charge in [0.2, 0.25) is 5.91 Å². The first kappa shape index (κ1) is 19.1. The Kier molecular flexibility index (Phi) is 5.34. The summed E-state index contributed by atoms with van der Waals surface area (Å²) in [6.07, 6.45) is 0. The minimum absolute atomic E-state index is 0.00291. The SMILES string of the molecule is CC(=O)Nc1ccc2c(NC(=O)C[N+]3(C)CCN(C)CC3)cccc2c1O. The molecule has 27 heavy (non-hydrogen) atoms. The second-order valence-electron chi connectivity index (χ2n) is 7.62. The van der Waals surface area contributed by atoms with Gasteiger partial charge in [-0.2, -0.15) is 0 Å². The molecule has 1 heterocycles. The summed E-state index contributed by atoms with van der Waals surface area (Å²) in [4.78, 5) is 26.2. The van der Waals surface area contributed by atoms with Gasteiger partial charge in [0.25, 0.3) is 5.91 Å². The van der Waals surface area contributed by atoms with Gasteiger partial charge in [-0.15, -0.1) is 0 Å². The van der Waals surface area contributed by atoms with Crippen molar-refractivity contribution in [3.05, 3.63) is 30.3 Å². The van der Waals surface area contributed by atoms with Gasteiger partial charge in [-0.3, -0.25) is 14.5 Å². The summed E-state index contributed by atoms with van der Waals surface area (Å²) in [6.45, 7) is 5.67. The number of carbonyl (C=O) groups excluding carboxylic acids is 2. The molecule has 0 bridgehead atoms. The smallest absolute Gasteiger partial charge is 0.279 e. The fourth-order valence-electron chi connectivity index (χ4n) is 3.48. The first-order valence-electron chi connectivity index (χ1n) is 9.12. The van der Waals surface area contributed by atoms with E-state index in [0.29, 0.717) is 23.3 Å². The van der Waals surface area contributed by atoms with E-state index in [-0.39, 0.29) is 17.6 Å². The van der Waals surface area contributed by atoms with Crippen LogP contribution >= 0.6 is 0 Å². The summed E-state index contributed by atoms with van der Waals surface area (Å²) in [7, 11) is 4.21. The third-order valence-corrected chi connectivity index (χ3v) is 5.19. The molecule has 1 fully saturated rings. The number of likely N-dealkylation sites (N-methyl/N-ethyl adjacent to an activating group) is 2. The van der Waals surface area contributed by atoms with Gasteiger partial charge in [0.1, 0.15) is 5.75 Å². The molecule has 0 unspecified atom stereocenters. The number of aromatic hydroxyl groups is 1.